The van der Waals surface area contributed by atoms with Gasteiger partial charge in [0.05, 0.1) is 4.92 Å². The van der Waals surface area contributed by atoms with Crippen molar-refractivity contribution >= 4 is 11.4 Å². The summed E-state index contributed by atoms with van der Waals surface area (Å²) in [6.07, 6.45) is 1.22. The number of benzene rings is 1. The fourth-order valence-corrected chi connectivity index (χ4v) is 2.84. The molecule has 1 aromatic rings. The second kappa shape index (κ2) is 6.19. The normalized spacial score (nSPS) is 19.6. The van der Waals surface area contributed by atoms with Crippen molar-refractivity contribution in [1.82, 2.24) is 9.80 Å². The van der Waals surface area contributed by atoms with Gasteiger partial charge in [0.1, 0.15) is 5.69 Å². The lowest BCUT2D eigenvalue weighted by atomic mass is 10.1. The third-order valence-corrected chi connectivity index (χ3v) is 3.80. The van der Waals surface area contributed by atoms with Crippen molar-refractivity contribution in [3.05, 3.63) is 33.9 Å². The molecule has 0 spiro atoms. The van der Waals surface area contributed by atoms with Gasteiger partial charge in [0.15, 0.2) is 0 Å². The molecule has 0 bridgehead atoms. The molecule has 1 heterocycles. The van der Waals surface area contributed by atoms with Gasteiger partial charge in [-0.05, 0) is 44.6 Å². The first kappa shape index (κ1) is 14.7. The molecule has 0 radical (unpaired) electrons. The lowest BCUT2D eigenvalue weighted by Gasteiger charge is -2.21. The van der Waals surface area contributed by atoms with Gasteiger partial charge in [-0.1, -0.05) is 6.07 Å². The van der Waals surface area contributed by atoms with E-state index in [9.17, 15) is 10.1 Å². The first-order chi connectivity index (χ1) is 9.45. The van der Waals surface area contributed by atoms with E-state index in [2.05, 4.69) is 23.9 Å². The monoisotopic (exact) mass is 278 g/mol. The number of rotatable bonds is 5. The topological polar surface area (TPSA) is 75.6 Å². The number of nitrogen functional groups attached to an aromatic ring is 1. The number of nitro groups is 1. The van der Waals surface area contributed by atoms with Gasteiger partial charge in [-0.2, -0.15) is 0 Å². The summed E-state index contributed by atoms with van der Waals surface area (Å²) in [6.45, 7) is 4.02. The van der Waals surface area contributed by atoms with Crippen LogP contribution in [0, 0.1) is 16.0 Å². The van der Waals surface area contributed by atoms with E-state index in [0.29, 0.717) is 12.5 Å². The minimum atomic E-state index is -0.426. The zero-order valence-electron chi connectivity index (χ0n) is 12.1. The standard InChI is InChI=1S/C14H22N4O2/c1-16-6-5-12(9-16)10-17(2)8-11-3-4-13(15)14(7-11)18(19)20/h3-4,7,12H,5-6,8-10,15H2,1-2H3. The maximum atomic E-state index is 10.9. The van der Waals surface area contributed by atoms with Crippen LogP contribution in [0.3, 0.4) is 0 Å². The molecular formula is C14H22N4O2. The van der Waals surface area contributed by atoms with Crippen LogP contribution in [0.2, 0.25) is 0 Å². The summed E-state index contributed by atoms with van der Waals surface area (Å²) in [4.78, 5) is 15.0. The van der Waals surface area contributed by atoms with Gasteiger partial charge >= 0.3 is 0 Å². The van der Waals surface area contributed by atoms with Gasteiger partial charge < -0.3 is 15.5 Å². The third-order valence-electron chi connectivity index (χ3n) is 3.80. The Morgan fingerprint density at radius 3 is 2.90 bits per heavy atom. The second-order valence-electron chi connectivity index (χ2n) is 5.76. The van der Waals surface area contributed by atoms with Crippen LogP contribution in [-0.2, 0) is 6.54 Å². The molecule has 1 unspecified atom stereocenters. The molecule has 0 saturated carbocycles. The summed E-state index contributed by atoms with van der Waals surface area (Å²) >= 11 is 0. The number of anilines is 1. The highest BCUT2D eigenvalue weighted by Gasteiger charge is 2.21. The third kappa shape index (κ3) is 3.68. The molecule has 0 aliphatic carbocycles. The van der Waals surface area contributed by atoms with E-state index in [1.165, 1.54) is 6.42 Å². The number of hydrogen-bond acceptors (Lipinski definition) is 5. The van der Waals surface area contributed by atoms with Crippen molar-refractivity contribution < 1.29 is 4.92 Å². The lowest BCUT2D eigenvalue weighted by Crippen LogP contribution is -2.27. The van der Waals surface area contributed by atoms with Crippen molar-refractivity contribution in [3.63, 3.8) is 0 Å². The molecule has 1 aromatic carbocycles. The summed E-state index contributed by atoms with van der Waals surface area (Å²) in [5, 5.41) is 10.9. The predicted octanol–water partition coefficient (Wildman–Crippen LogP) is 1.56. The van der Waals surface area contributed by atoms with Crippen LogP contribution in [0.4, 0.5) is 11.4 Å². The SMILES string of the molecule is CN1CCC(CN(C)Cc2ccc(N)c([N+](=O)[O-])c2)C1. The van der Waals surface area contributed by atoms with E-state index < -0.39 is 4.92 Å². The highest BCUT2D eigenvalue weighted by molar-refractivity contribution is 5.59. The van der Waals surface area contributed by atoms with Crippen molar-refractivity contribution in [3.8, 4) is 0 Å². The van der Waals surface area contributed by atoms with Crippen molar-refractivity contribution in [2.75, 3.05) is 39.5 Å². The van der Waals surface area contributed by atoms with Gasteiger partial charge in [0.25, 0.3) is 5.69 Å². The number of likely N-dealkylation sites (tertiary alicyclic amines) is 1. The van der Waals surface area contributed by atoms with Crippen molar-refractivity contribution in [2.24, 2.45) is 5.92 Å². The Hall–Kier alpha value is -1.66. The molecule has 1 aliphatic heterocycles. The zero-order valence-corrected chi connectivity index (χ0v) is 12.1. The molecule has 20 heavy (non-hydrogen) atoms. The molecule has 0 aromatic heterocycles. The first-order valence-corrected chi connectivity index (χ1v) is 6.85. The van der Waals surface area contributed by atoms with Crippen LogP contribution in [0.5, 0.6) is 0 Å². The van der Waals surface area contributed by atoms with Gasteiger partial charge in [-0.3, -0.25) is 10.1 Å². The van der Waals surface area contributed by atoms with E-state index in [1.807, 2.05) is 6.07 Å². The summed E-state index contributed by atoms with van der Waals surface area (Å²) in [6, 6.07) is 5.05. The number of nitro benzene ring substituents is 1. The Balaban J connectivity index is 1.95. The van der Waals surface area contributed by atoms with Gasteiger partial charge in [-0.15, -0.1) is 0 Å². The first-order valence-electron chi connectivity index (χ1n) is 6.85. The number of nitrogens with zero attached hydrogens (tertiary/aromatic N) is 3. The molecule has 2 rings (SSSR count). The van der Waals surface area contributed by atoms with Gasteiger partial charge in [0, 0.05) is 25.7 Å². The molecule has 0 amide bonds. The molecule has 1 saturated heterocycles. The molecule has 110 valence electrons. The van der Waals surface area contributed by atoms with Gasteiger partial charge in [0.2, 0.25) is 0 Å². The van der Waals surface area contributed by atoms with Crippen LogP contribution >= 0.6 is 0 Å². The average molecular weight is 278 g/mol. The molecule has 1 aliphatic rings. The minimum absolute atomic E-state index is 0.00324. The second-order valence-corrected chi connectivity index (χ2v) is 5.76. The minimum Gasteiger partial charge on any atom is -0.393 e. The Bertz CT molecular complexity index is 492. The molecule has 1 atom stereocenters. The Morgan fingerprint density at radius 2 is 2.30 bits per heavy atom. The van der Waals surface area contributed by atoms with Crippen LogP contribution in [0.15, 0.2) is 18.2 Å². The zero-order chi connectivity index (χ0) is 14.7. The fraction of sp³-hybridized carbons (Fsp3) is 0.571. The predicted molar refractivity (Wildman–Crippen MR) is 79.4 cm³/mol. The maximum absolute atomic E-state index is 10.9. The summed E-state index contributed by atoms with van der Waals surface area (Å²) in [7, 11) is 4.20. The quantitative estimate of drug-likeness (QED) is 0.502. The van der Waals surface area contributed by atoms with E-state index in [1.54, 1.807) is 12.1 Å². The highest BCUT2D eigenvalue weighted by Crippen LogP contribution is 2.23. The summed E-state index contributed by atoms with van der Waals surface area (Å²) < 4.78 is 0. The van der Waals surface area contributed by atoms with Crippen LogP contribution in [-0.4, -0.2) is 48.5 Å². The molecule has 2 N–H and O–H groups in total. The molecule has 6 nitrogen and oxygen atoms in total. The lowest BCUT2D eigenvalue weighted by molar-refractivity contribution is -0.384. The fourth-order valence-electron chi connectivity index (χ4n) is 2.84. The van der Waals surface area contributed by atoms with E-state index in [-0.39, 0.29) is 11.4 Å². The largest absolute Gasteiger partial charge is 0.393 e. The van der Waals surface area contributed by atoms with Crippen LogP contribution in [0.1, 0.15) is 12.0 Å². The molecular weight excluding hydrogens is 256 g/mol. The van der Waals surface area contributed by atoms with Gasteiger partial charge in [-0.25, -0.2) is 0 Å². The Labute approximate surface area is 119 Å². The molecule has 6 heteroatoms. The smallest absolute Gasteiger partial charge is 0.292 e. The maximum Gasteiger partial charge on any atom is 0.292 e. The van der Waals surface area contributed by atoms with E-state index in [4.69, 9.17) is 5.73 Å². The van der Waals surface area contributed by atoms with Crippen LogP contribution < -0.4 is 5.73 Å². The highest BCUT2D eigenvalue weighted by atomic mass is 16.6. The van der Waals surface area contributed by atoms with Crippen molar-refractivity contribution in [1.29, 1.82) is 0 Å². The number of nitrogens with two attached hydrogens (primary N) is 1. The Kier molecular flexibility index (Phi) is 4.57. The van der Waals surface area contributed by atoms with Crippen LogP contribution in [0.25, 0.3) is 0 Å². The average Bonchev–Trinajstić information content (AvgIpc) is 2.76. The van der Waals surface area contributed by atoms with E-state index >= 15 is 0 Å². The van der Waals surface area contributed by atoms with Crippen molar-refractivity contribution in [2.45, 2.75) is 13.0 Å². The summed E-state index contributed by atoms with van der Waals surface area (Å²) in [5.74, 6) is 0.689. The summed E-state index contributed by atoms with van der Waals surface area (Å²) in [5.41, 5.74) is 6.76. The number of hydrogen-bond donors (Lipinski definition) is 1. The Morgan fingerprint density at radius 1 is 1.55 bits per heavy atom. The van der Waals surface area contributed by atoms with E-state index in [0.717, 1.165) is 25.2 Å². The molecule has 1 fully saturated rings.